The van der Waals surface area contributed by atoms with E-state index in [9.17, 15) is 0 Å². The molecule has 7 heteroatoms. The van der Waals surface area contributed by atoms with Crippen LogP contribution in [0, 0.1) is 6.92 Å². The number of hydrogen-bond donors (Lipinski definition) is 4. The van der Waals surface area contributed by atoms with Crippen LogP contribution in [0.25, 0.3) is 10.9 Å². The molecule has 0 aliphatic carbocycles. The Kier molecular flexibility index (Phi) is 9.71. The smallest absolute Gasteiger partial charge is 0.145 e. The predicted molar refractivity (Wildman–Crippen MR) is 119 cm³/mol. The second kappa shape index (κ2) is 12.3. The number of nitrogens with zero attached hydrogens (tertiary/aromatic N) is 2. The van der Waals surface area contributed by atoms with Gasteiger partial charge in [0.2, 0.25) is 0 Å². The van der Waals surface area contributed by atoms with Gasteiger partial charge in [-0.25, -0.2) is 9.97 Å². The molecule has 2 aromatic carbocycles. The van der Waals surface area contributed by atoms with E-state index in [1.165, 1.54) is 5.56 Å². The predicted octanol–water partition coefficient (Wildman–Crippen LogP) is 3.93. The first kappa shape index (κ1) is 22.1. The highest BCUT2D eigenvalue weighted by atomic mass is 32.2. The van der Waals surface area contributed by atoms with Crippen LogP contribution in [0.3, 0.4) is 0 Å². The molecule has 6 nitrogen and oxygen atoms in total. The summed E-state index contributed by atoms with van der Waals surface area (Å²) in [5.74, 6) is 1.74. The number of aryl methyl sites for hydroxylation is 1. The standard InChI is InChI=1S/C14H21N5.C7H8OS/c1-15-8-5-9-17-14-11-6-3-4-7-12(11)18-13(19-14)10-16-2;1-6-3-2-4-7(5-6)9-8/h3-4,6-7,15-16H,5,8-10H2,1-2H3,(H,17,18,19);2-5,8H,1H3. The molecule has 0 unspecified atom stereocenters. The summed E-state index contributed by atoms with van der Waals surface area (Å²) < 4.78 is 8.58. The maximum absolute atomic E-state index is 8.58. The molecule has 0 bridgehead atoms. The van der Waals surface area contributed by atoms with Crippen LogP contribution in [0.15, 0.2) is 53.4 Å². The molecule has 3 aromatic rings. The van der Waals surface area contributed by atoms with E-state index in [0.717, 1.165) is 59.0 Å². The molecule has 0 saturated carbocycles. The van der Waals surface area contributed by atoms with Crippen molar-refractivity contribution in [3.05, 3.63) is 59.9 Å². The summed E-state index contributed by atoms with van der Waals surface area (Å²) in [7, 11) is 3.86. The van der Waals surface area contributed by atoms with Gasteiger partial charge in [-0.2, -0.15) is 0 Å². The number of anilines is 1. The first-order chi connectivity index (χ1) is 13.7. The van der Waals surface area contributed by atoms with Crippen molar-refractivity contribution < 1.29 is 4.55 Å². The maximum atomic E-state index is 8.58. The fraction of sp³-hybridized carbons (Fsp3) is 0.333. The lowest BCUT2D eigenvalue weighted by Crippen LogP contribution is -2.15. The Morgan fingerprint density at radius 2 is 1.79 bits per heavy atom. The van der Waals surface area contributed by atoms with Gasteiger partial charge in [-0.1, -0.05) is 24.3 Å². The lowest BCUT2D eigenvalue weighted by molar-refractivity contribution is 0.664. The van der Waals surface area contributed by atoms with Crippen LogP contribution in [0.2, 0.25) is 0 Å². The first-order valence-corrected chi connectivity index (χ1v) is 10.1. The number of nitrogens with one attached hydrogen (secondary N) is 3. The average molecular weight is 400 g/mol. The second-order valence-electron chi connectivity index (χ2n) is 6.33. The third-order valence-corrected chi connectivity index (χ3v) is 4.44. The summed E-state index contributed by atoms with van der Waals surface area (Å²) in [6, 6.07) is 15.8. The van der Waals surface area contributed by atoms with Gasteiger partial charge in [0, 0.05) is 28.9 Å². The van der Waals surface area contributed by atoms with E-state index in [-0.39, 0.29) is 0 Å². The van der Waals surface area contributed by atoms with Crippen LogP contribution >= 0.6 is 12.0 Å². The van der Waals surface area contributed by atoms with Gasteiger partial charge in [0.25, 0.3) is 0 Å². The Morgan fingerprint density at radius 1 is 0.964 bits per heavy atom. The number of aromatic nitrogens is 2. The number of rotatable bonds is 8. The molecule has 0 aliphatic heterocycles. The Morgan fingerprint density at radius 3 is 2.46 bits per heavy atom. The number of benzene rings is 2. The Balaban J connectivity index is 0.000000261. The van der Waals surface area contributed by atoms with E-state index in [2.05, 4.69) is 32.0 Å². The average Bonchev–Trinajstić information content (AvgIpc) is 2.72. The van der Waals surface area contributed by atoms with Crippen LogP contribution in [-0.4, -0.2) is 41.7 Å². The molecule has 0 fully saturated rings. The Bertz CT molecular complexity index is 859. The number of para-hydroxylation sites is 1. The number of fused-ring (bicyclic) bond motifs is 1. The summed E-state index contributed by atoms with van der Waals surface area (Å²) in [6.07, 6.45) is 1.07. The molecule has 0 spiro atoms. The van der Waals surface area contributed by atoms with Crippen molar-refractivity contribution in [1.82, 2.24) is 20.6 Å². The normalized spacial score (nSPS) is 10.4. The molecule has 3 rings (SSSR count). The van der Waals surface area contributed by atoms with Crippen LogP contribution in [-0.2, 0) is 6.54 Å². The van der Waals surface area contributed by atoms with Gasteiger partial charge in [-0.05, 0) is 63.8 Å². The minimum Gasteiger partial charge on any atom is -0.369 e. The van der Waals surface area contributed by atoms with E-state index in [1.807, 2.05) is 63.5 Å². The lowest BCUT2D eigenvalue weighted by atomic mass is 10.2. The molecule has 28 heavy (non-hydrogen) atoms. The van der Waals surface area contributed by atoms with Gasteiger partial charge in [-0.15, -0.1) is 0 Å². The quantitative estimate of drug-likeness (QED) is 0.337. The molecule has 1 aromatic heterocycles. The fourth-order valence-corrected chi connectivity index (χ4v) is 3.02. The molecular weight excluding hydrogens is 370 g/mol. The maximum Gasteiger partial charge on any atom is 0.145 e. The van der Waals surface area contributed by atoms with Gasteiger partial charge in [0.1, 0.15) is 11.6 Å². The largest absolute Gasteiger partial charge is 0.369 e. The number of hydrogen-bond acceptors (Lipinski definition) is 7. The van der Waals surface area contributed by atoms with E-state index in [0.29, 0.717) is 6.54 Å². The molecule has 4 N–H and O–H groups in total. The van der Waals surface area contributed by atoms with Crippen molar-refractivity contribution in [3.63, 3.8) is 0 Å². The third-order valence-electron chi connectivity index (χ3n) is 3.98. The van der Waals surface area contributed by atoms with Crippen LogP contribution in [0.5, 0.6) is 0 Å². The zero-order valence-electron chi connectivity index (χ0n) is 16.7. The molecular formula is C21H29N5OS. The van der Waals surface area contributed by atoms with Crippen LogP contribution in [0.1, 0.15) is 17.8 Å². The van der Waals surface area contributed by atoms with Crippen molar-refractivity contribution >= 4 is 28.8 Å². The van der Waals surface area contributed by atoms with Gasteiger partial charge < -0.3 is 20.5 Å². The minimum atomic E-state index is 0.677. The van der Waals surface area contributed by atoms with Crippen molar-refractivity contribution in [2.24, 2.45) is 0 Å². The molecule has 0 radical (unpaired) electrons. The van der Waals surface area contributed by atoms with Gasteiger partial charge in [-0.3, -0.25) is 0 Å². The van der Waals surface area contributed by atoms with Crippen molar-refractivity contribution in [1.29, 1.82) is 0 Å². The second-order valence-corrected chi connectivity index (χ2v) is 6.98. The summed E-state index contributed by atoms with van der Waals surface area (Å²) in [5.41, 5.74) is 2.16. The van der Waals surface area contributed by atoms with E-state index in [4.69, 9.17) is 4.55 Å². The van der Waals surface area contributed by atoms with Gasteiger partial charge in [0.05, 0.1) is 12.1 Å². The highest BCUT2D eigenvalue weighted by Crippen LogP contribution is 2.20. The summed E-state index contributed by atoms with van der Waals surface area (Å²) in [4.78, 5) is 10.0. The molecule has 0 amide bonds. The monoisotopic (exact) mass is 399 g/mol. The first-order valence-electron chi connectivity index (χ1n) is 9.34. The molecule has 150 valence electrons. The molecule has 0 atom stereocenters. The van der Waals surface area contributed by atoms with Crippen molar-refractivity contribution in [3.8, 4) is 0 Å². The molecule has 0 aliphatic rings. The highest BCUT2D eigenvalue weighted by Gasteiger charge is 2.06. The zero-order chi connectivity index (χ0) is 20.2. The van der Waals surface area contributed by atoms with Gasteiger partial charge in [0.15, 0.2) is 0 Å². The Labute approximate surface area is 171 Å². The van der Waals surface area contributed by atoms with Crippen molar-refractivity contribution in [2.75, 3.05) is 32.5 Å². The minimum absolute atomic E-state index is 0.677. The SMILES string of the molecule is CNCCCNc1nc(CNC)nc2ccccc12.Cc1cccc(SO)c1. The van der Waals surface area contributed by atoms with E-state index >= 15 is 0 Å². The summed E-state index contributed by atoms with van der Waals surface area (Å²) in [5, 5.41) is 10.7. The molecule has 1 heterocycles. The lowest BCUT2D eigenvalue weighted by Gasteiger charge is -2.10. The third kappa shape index (κ3) is 7.09. The van der Waals surface area contributed by atoms with Gasteiger partial charge >= 0.3 is 0 Å². The van der Waals surface area contributed by atoms with E-state index < -0.39 is 0 Å². The van der Waals surface area contributed by atoms with Crippen LogP contribution < -0.4 is 16.0 Å². The molecule has 0 saturated heterocycles. The van der Waals surface area contributed by atoms with Crippen LogP contribution in [0.4, 0.5) is 5.82 Å². The van der Waals surface area contributed by atoms with Crippen molar-refractivity contribution in [2.45, 2.75) is 24.8 Å². The Hall–Kier alpha value is -2.19. The topological polar surface area (TPSA) is 82.1 Å². The zero-order valence-corrected chi connectivity index (χ0v) is 17.5. The highest BCUT2D eigenvalue weighted by molar-refractivity contribution is 7.93. The van der Waals surface area contributed by atoms with E-state index in [1.54, 1.807) is 0 Å². The fourth-order valence-electron chi connectivity index (χ4n) is 2.64. The summed E-state index contributed by atoms with van der Waals surface area (Å²) in [6.45, 7) is 4.58. The summed E-state index contributed by atoms with van der Waals surface area (Å²) >= 11 is 0.783.